The Balaban J connectivity index is 1.05. The van der Waals surface area contributed by atoms with Crippen LogP contribution in [-0.2, 0) is 23.1 Å². The van der Waals surface area contributed by atoms with E-state index in [4.69, 9.17) is 20.3 Å². The third kappa shape index (κ3) is 5.13. The maximum Gasteiger partial charge on any atom is 0.433 e. The van der Waals surface area contributed by atoms with E-state index in [1.54, 1.807) is 6.34 Å². The molecule has 2 fully saturated rings. The van der Waals surface area contributed by atoms with Gasteiger partial charge in [0.05, 0.1) is 30.3 Å². The fourth-order valence-electron chi connectivity index (χ4n) is 6.17. The molecule has 3 N–H and O–H groups in total. The summed E-state index contributed by atoms with van der Waals surface area (Å²) < 4.78 is 52.9. The number of nitrogens with zero attached hydrogens (tertiary/aromatic N) is 6. The van der Waals surface area contributed by atoms with Crippen LogP contribution in [0.25, 0.3) is 0 Å². The van der Waals surface area contributed by atoms with Crippen LogP contribution in [0.3, 0.4) is 0 Å². The van der Waals surface area contributed by atoms with E-state index in [2.05, 4.69) is 37.5 Å². The number of aliphatic imine (C=N–C) groups is 2. The molecule has 1 aliphatic carbocycles. The van der Waals surface area contributed by atoms with Gasteiger partial charge in [0.1, 0.15) is 24.0 Å². The average Bonchev–Trinajstić information content (AvgIpc) is 3.59. The van der Waals surface area contributed by atoms with Crippen LogP contribution >= 0.6 is 0 Å². The summed E-state index contributed by atoms with van der Waals surface area (Å²) in [5.74, 6) is 0.980. The van der Waals surface area contributed by atoms with Gasteiger partial charge in [-0.1, -0.05) is 6.08 Å². The highest BCUT2D eigenvalue weighted by atomic mass is 19.4. The number of piperidine rings is 1. The van der Waals surface area contributed by atoms with Crippen LogP contribution in [0.5, 0.6) is 5.88 Å². The Morgan fingerprint density at radius 3 is 2.73 bits per heavy atom. The van der Waals surface area contributed by atoms with E-state index in [0.717, 1.165) is 43.4 Å². The van der Waals surface area contributed by atoms with Gasteiger partial charge in [-0.15, -0.1) is 0 Å². The van der Waals surface area contributed by atoms with Gasteiger partial charge >= 0.3 is 6.18 Å². The Hall–Kier alpha value is -3.29. The molecular weight excluding hydrogens is 525 g/mol. The summed E-state index contributed by atoms with van der Waals surface area (Å²) in [5.41, 5.74) is 6.49. The zero-order valence-corrected chi connectivity index (χ0v) is 22.2. The number of fused-ring (bicyclic) bond motifs is 1. The van der Waals surface area contributed by atoms with Gasteiger partial charge in [-0.05, 0) is 43.5 Å². The third-order valence-corrected chi connectivity index (χ3v) is 8.40. The molecule has 0 radical (unpaired) electrons. The fourth-order valence-corrected chi connectivity index (χ4v) is 6.17. The number of nitrogens with two attached hydrogens (primary N) is 1. The molecule has 13 heteroatoms. The number of methoxy groups -OCH3 is 1. The third-order valence-electron chi connectivity index (χ3n) is 8.40. The van der Waals surface area contributed by atoms with Gasteiger partial charge < -0.3 is 20.5 Å². The van der Waals surface area contributed by atoms with Gasteiger partial charge in [0, 0.05) is 50.6 Å². The molecule has 2 atom stereocenters. The molecule has 0 aromatic carbocycles. The summed E-state index contributed by atoms with van der Waals surface area (Å²) in [6.45, 7) is 2.13. The molecule has 0 bridgehead atoms. The van der Waals surface area contributed by atoms with E-state index in [1.165, 1.54) is 13.2 Å². The lowest BCUT2D eigenvalue weighted by Crippen LogP contribution is -2.61. The highest BCUT2D eigenvalue weighted by Crippen LogP contribution is 2.43. The number of amidine groups is 1. The summed E-state index contributed by atoms with van der Waals surface area (Å²) in [4.78, 5) is 15.1. The average molecular weight is 559 g/mol. The first-order chi connectivity index (χ1) is 19.3. The van der Waals surface area contributed by atoms with Crippen molar-refractivity contribution < 1.29 is 22.6 Å². The second-order valence-electron chi connectivity index (χ2n) is 10.9. The number of likely N-dealkylation sites (tertiary alicyclic amines) is 1. The van der Waals surface area contributed by atoms with Crippen molar-refractivity contribution in [3.8, 4) is 5.88 Å². The molecule has 2 unspecified atom stereocenters. The molecule has 1 saturated carbocycles. The minimum absolute atomic E-state index is 0.00910. The Morgan fingerprint density at radius 1 is 1.20 bits per heavy atom. The first-order valence-electron chi connectivity index (χ1n) is 13.5. The van der Waals surface area contributed by atoms with Gasteiger partial charge in [-0.25, -0.2) is 9.98 Å². The molecule has 2 aromatic heterocycles. The predicted molar refractivity (Wildman–Crippen MR) is 142 cm³/mol. The number of halogens is 3. The lowest BCUT2D eigenvalue weighted by atomic mass is 9.71. The highest BCUT2D eigenvalue weighted by Gasteiger charge is 2.48. The van der Waals surface area contributed by atoms with Crippen LogP contribution < -0.4 is 15.8 Å². The molecule has 5 heterocycles. The van der Waals surface area contributed by atoms with Crippen molar-refractivity contribution in [1.82, 2.24) is 25.0 Å². The standard InChI is InChI=1S/C27H33F3N8O2/c1-39-14-17-8-22(27(28,29)30)36-23(9-17)40-20-3-6-37(7-4-20)19-10-26(11-19,15-31)38-13-18(12-35-38)24-21-2-5-32-25(21)34-16-33-24/h2,5,8-9,12-13,16,19-21,24H,3-4,6-7,10-11,14-15,31H2,1H3,(H,32,33,34). The summed E-state index contributed by atoms with van der Waals surface area (Å²) in [5, 5.41) is 7.86. The monoisotopic (exact) mass is 558 g/mol. The quantitative estimate of drug-likeness (QED) is 0.512. The lowest BCUT2D eigenvalue weighted by molar-refractivity contribution is -0.141. The number of hydrogen-bond acceptors (Lipinski definition) is 9. The summed E-state index contributed by atoms with van der Waals surface area (Å²) >= 11 is 0. The van der Waals surface area contributed by atoms with E-state index in [0.29, 0.717) is 31.0 Å². The second kappa shape index (κ2) is 10.6. The normalized spacial score (nSPS) is 28.6. The van der Waals surface area contributed by atoms with E-state index >= 15 is 0 Å². The summed E-state index contributed by atoms with van der Waals surface area (Å²) in [6.07, 6.45) is 7.97. The Labute approximate surface area is 230 Å². The van der Waals surface area contributed by atoms with E-state index < -0.39 is 11.9 Å². The van der Waals surface area contributed by atoms with Crippen LogP contribution in [0.2, 0.25) is 0 Å². The molecule has 4 aliphatic rings. The molecule has 6 rings (SSSR count). The van der Waals surface area contributed by atoms with E-state index in [1.807, 2.05) is 17.1 Å². The van der Waals surface area contributed by atoms with Crippen LogP contribution in [0, 0.1) is 5.92 Å². The van der Waals surface area contributed by atoms with Crippen LogP contribution in [0.1, 0.15) is 48.5 Å². The maximum atomic E-state index is 13.3. The highest BCUT2D eigenvalue weighted by molar-refractivity contribution is 5.96. The number of aromatic nitrogens is 3. The molecule has 2 aromatic rings. The number of alkyl halides is 3. The first kappa shape index (κ1) is 26.9. The zero-order chi connectivity index (χ0) is 27.9. The Kier molecular flexibility index (Phi) is 7.13. The van der Waals surface area contributed by atoms with Crippen molar-refractivity contribution in [3.63, 3.8) is 0 Å². The zero-order valence-electron chi connectivity index (χ0n) is 22.2. The minimum atomic E-state index is -4.55. The molecular formula is C27H33F3N8O2. The molecule has 1 saturated heterocycles. The topological polar surface area (TPSA) is 115 Å². The van der Waals surface area contributed by atoms with Gasteiger partial charge in [-0.3, -0.25) is 14.6 Å². The Bertz CT molecular complexity index is 1310. The fraction of sp³-hybridized carbons (Fsp3) is 0.556. The summed E-state index contributed by atoms with van der Waals surface area (Å²) in [7, 11) is 1.44. The molecule has 0 amide bonds. The number of ether oxygens (including phenoxy) is 2. The molecule has 40 heavy (non-hydrogen) atoms. The number of nitrogens with one attached hydrogen (secondary N) is 1. The van der Waals surface area contributed by atoms with Crippen LogP contribution in [-0.4, -0.2) is 70.7 Å². The van der Waals surface area contributed by atoms with Crippen LogP contribution in [0.4, 0.5) is 13.2 Å². The van der Waals surface area contributed by atoms with Crippen LogP contribution in [0.15, 0.2) is 46.8 Å². The molecule has 10 nitrogen and oxygen atoms in total. The lowest BCUT2D eigenvalue weighted by Gasteiger charge is -2.52. The van der Waals surface area contributed by atoms with Crippen molar-refractivity contribution >= 4 is 12.2 Å². The molecule has 0 spiro atoms. The number of pyridine rings is 1. The van der Waals surface area contributed by atoms with Gasteiger partial charge in [0.25, 0.3) is 0 Å². The van der Waals surface area contributed by atoms with E-state index in [-0.39, 0.29) is 36.1 Å². The van der Waals surface area contributed by atoms with Crippen molar-refractivity contribution in [2.45, 2.75) is 62.2 Å². The largest absolute Gasteiger partial charge is 0.474 e. The molecule has 3 aliphatic heterocycles. The van der Waals surface area contributed by atoms with Crippen molar-refractivity contribution in [3.05, 3.63) is 53.6 Å². The van der Waals surface area contributed by atoms with Gasteiger partial charge in [0.15, 0.2) is 0 Å². The van der Waals surface area contributed by atoms with Gasteiger partial charge in [0.2, 0.25) is 5.88 Å². The molecule has 214 valence electrons. The number of rotatable bonds is 8. The van der Waals surface area contributed by atoms with Crippen molar-refractivity contribution in [1.29, 1.82) is 0 Å². The van der Waals surface area contributed by atoms with Crippen molar-refractivity contribution in [2.24, 2.45) is 21.6 Å². The van der Waals surface area contributed by atoms with Gasteiger partial charge in [-0.2, -0.15) is 18.3 Å². The second-order valence-corrected chi connectivity index (χ2v) is 10.9. The maximum absolute atomic E-state index is 13.3. The smallest absolute Gasteiger partial charge is 0.433 e. The Morgan fingerprint density at radius 2 is 2.00 bits per heavy atom. The summed E-state index contributed by atoms with van der Waals surface area (Å²) in [6, 6.07) is 2.83. The minimum Gasteiger partial charge on any atom is -0.474 e. The number of hydrogen-bond donors (Lipinski definition) is 2. The first-order valence-corrected chi connectivity index (χ1v) is 13.5. The predicted octanol–water partition coefficient (Wildman–Crippen LogP) is 3.02. The SMILES string of the molecule is COCc1cc(OC2CCN(C3CC(CN)(n4cc(C5N=CN=C6NC=CC65)cn4)C3)CC2)nc(C(F)(F)F)c1. The van der Waals surface area contributed by atoms with Crippen molar-refractivity contribution in [2.75, 3.05) is 26.7 Å². The van der Waals surface area contributed by atoms with E-state index in [9.17, 15) is 13.2 Å².